The Morgan fingerprint density at radius 2 is 1.85 bits per heavy atom. The number of aliphatic hydroxyl groups excluding tert-OH is 1. The molecule has 1 aliphatic heterocycles. The number of aliphatic hydroxyl groups is 1. The topological polar surface area (TPSA) is 66.8 Å². The van der Waals surface area contributed by atoms with Crippen LogP contribution < -0.4 is 0 Å². The van der Waals surface area contributed by atoms with Crippen LogP contribution in [-0.4, -0.2) is 48.2 Å². The number of ether oxygens (including phenoxy) is 1. The maximum atomic E-state index is 13.4. The molecule has 1 N–H and O–H groups in total. The molecule has 27 heavy (non-hydrogen) atoms. The van der Waals surface area contributed by atoms with Crippen LogP contribution in [0.25, 0.3) is 0 Å². The predicted molar refractivity (Wildman–Crippen MR) is 110 cm³/mol. The predicted octanol–water partition coefficient (Wildman–Crippen LogP) is 4.39. The van der Waals surface area contributed by atoms with Gasteiger partial charge in [-0.1, -0.05) is 20.8 Å². The van der Waals surface area contributed by atoms with E-state index in [-0.39, 0.29) is 5.78 Å². The SMILES string of the molecule is C/C=C1\C(=O)C([Si](CC)(CC)CC)=C2[C+]1[C@H](O)CCN2C(=O)OC(C)(C)C. The molecule has 0 spiro atoms. The van der Waals surface area contributed by atoms with Crippen LogP contribution in [0.4, 0.5) is 4.79 Å². The number of hydrogen-bond donors (Lipinski definition) is 1. The Morgan fingerprint density at radius 3 is 2.30 bits per heavy atom. The standard InChI is InChI=1S/C21H34NO4Si/c1-8-14-16-15(23)12-13-22(20(25)26-21(5,6)7)17(16)19(18(14)24)27(9-2,10-3)11-4/h8,15,23H,9-13H2,1-7H3/q+1/b14-8-/t15-/m1/s1. The highest BCUT2D eigenvalue weighted by atomic mass is 28.3. The number of ketones is 1. The fourth-order valence-electron chi connectivity index (χ4n) is 4.31. The van der Waals surface area contributed by atoms with Gasteiger partial charge in [0.1, 0.15) is 28.5 Å². The molecule has 1 aliphatic carbocycles. The van der Waals surface area contributed by atoms with Crippen LogP contribution in [-0.2, 0) is 9.53 Å². The summed E-state index contributed by atoms with van der Waals surface area (Å²) in [6.07, 6.45) is 1.04. The molecule has 1 atom stereocenters. The van der Waals surface area contributed by atoms with Gasteiger partial charge in [-0.15, -0.1) is 0 Å². The van der Waals surface area contributed by atoms with Gasteiger partial charge in [0.2, 0.25) is 0 Å². The lowest BCUT2D eigenvalue weighted by molar-refractivity contribution is -0.111. The largest absolute Gasteiger partial charge is 0.443 e. The van der Waals surface area contributed by atoms with E-state index in [1.165, 1.54) is 0 Å². The van der Waals surface area contributed by atoms with E-state index in [4.69, 9.17) is 4.74 Å². The van der Waals surface area contributed by atoms with Gasteiger partial charge in [0, 0.05) is 19.0 Å². The highest BCUT2D eigenvalue weighted by molar-refractivity contribution is 6.91. The summed E-state index contributed by atoms with van der Waals surface area (Å²) in [6.45, 7) is 14.1. The molecule has 1 saturated heterocycles. The second kappa shape index (κ2) is 7.84. The van der Waals surface area contributed by atoms with E-state index in [1.54, 1.807) is 11.0 Å². The van der Waals surface area contributed by atoms with Crippen molar-refractivity contribution >= 4 is 20.0 Å². The summed E-state index contributed by atoms with van der Waals surface area (Å²) in [7, 11) is -2.08. The summed E-state index contributed by atoms with van der Waals surface area (Å²) >= 11 is 0. The number of amides is 1. The van der Waals surface area contributed by atoms with Gasteiger partial charge in [-0.3, -0.25) is 4.90 Å². The van der Waals surface area contributed by atoms with Crippen molar-refractivity contribution in [3.63, 3.8) is 0 Å². The Balaban J connectivity index is 2.69. The van der Waals surface area contributed by atoms with Crippen LogP contribution in [0.15, 0.2) is 22.5 Å². The molecule has 0 aromatic heterocycles. The Labute approximate surface area is 164 Å². The fourth-order valence-corrected chi connectivity index (χ4v) is 8.26. The van der Waals surface area contributed by atoms with Crippen molar-refractivity contribution in [2.24, 2.45) is 0 Å². The number of Topliss-reactive ketones (excluding diaryl/α,β-unsaturated/α-hetero) is 1. The molecule has 1 heterocycles. The van der Waals surface area contributed by atoms with E-state index >= 15 is 0 Å². The van der Waals surface area contributed by atoms with Gasteiger partial charge in [-0.2, -0.15) is 0 Å². The summed E-state index contributed by atoms with van der Waals surface area (Å²) in [5, 5.41) is 11.5. The minimum Gasteiger partial charge on any atom is -0.443 e. The maximum Gasteiger partial charge on any atom is 0.416 e. The molecule has 2 rings (SSSR count). The Hall–Kier alpha value is -1.53. The zero-order valence-electron chi connectivity index (χ0n) is 17.8. The molecular formula is C21H34NO4Si+. The molecule has 1 amide bonds. The molecule has 0 unspecified atom stereocenters. The van der Waals surface area contributed by atoms with Crippen molar-refractivity contribution in [3.05, 3.63) is 28.5 Å². The Kier molecular flexibility index (Phi) is 6.32. The van der Waals surface area contributed by atoms with Crippen molar-refractivity contribution in [1.29, 1.82) is 0 Å². The Bertz CT molecular complexity index is 662. The molecule has 6 heteroatoms. The van der Waals surface area contributed by atoms with Crippen LogP contribution >= 0.6 is 0 Å². The van der Waals surface area contributed by atoms with Crippen molar-refractivity contribution in [2.75, 3.05) is 6.54 Å². The number of piperidine rings is 1. The van der Waals surface area contributed by atoms with Crippen molar-refractivity contribution in [1.82, 2.24) is 4.90 Å². The Morgan fingerprint density at radius 1 is 1.30 bits per heavy atom. The summed E-state index contributed by atoms with van der Waals surface area (Å²) < 4.78 is 5.63. The van der Waals surface area contributed by atoms with E-state index in [1.807, 2.05) is 27.7 Å². The number of hydrogen-bond acceptors (Lipinski definition) is 4. The molecule has 1 fully saturated rings. The lowest BCUT2D eigenvalue weighted by atomic mass is 9.88. The molecule has 0 radical (unpaired) electrons. The minimum atomic E-state index is -2.08. The number of allylic oxidation sites excluding steroid dienone is 2. The number of likely N-dealkylation sites (tertiary alicyclic amines) is 1. The number of carbonyl (C=O) groups is 2. The lowest BCUT2D eigenvalue weighted by Gasteiger charge is -2.35. The van der Waals surface area contributed by atoms with Gasteiger partial charge >= 0.3 is 11.9 Å². The first-order valence-corrected chi connectivity index (χ1v) is 12.7. The van der Waals surface area contributed by atoms with Crippen LogP contribution in [0.3, 0.4) is 0 Å². The normalized spacial score (nSPS) is 22.6. The van der Waals surface area contributed by atoms with E-state index in [9.17, 15) is 14.7 Å². The highest BCUT2D eigenvalue weighted by Crippen LogP contribution is 2.49. The monoisotopic (exact) mass is 392 g/mol. The van der Waals surface area contributed by atoms with Crippen molar-refractivity contribution in [3.8, 4) is 0 Å². The minimum absolute atomic E-state index is 0.00854. The number of nitrogens with zero attached hydrogens (tertiary/aromatic N) is 1. The third kappa shape index (κ3) is 3.74. The summed E-state index contributed by atoms with van der Waals surface area (Å²) in [5.41, 5.74) is 0.598. The summed E-state index contributed by atoms with van der Waals surface area (Å²) in [6, 6.07) is 2.81. The third-order valence-corrected chi connectivity index (χ3v) is 11.5. The van der Waals surface area contributed by atoms with Crippen molar-refractivity contribution < 1.29 is 19.4 Å². The van der Waals surface area contributed by atoms with Gasteiger partial charge in [-0.25, -0.2) is 9.59 Å². The fraction of sp³-hybridized carbons (Fsp3) is 0.667. The second-order valence-corrected chi connectivity index (χ2v) is 13.6. The lowest BCUT2D eigenvalue weighted by Crippen LogP contribution is -2.47. The maximum absolute atomic E-state index is 13.4. The molecule has 2 aliphatic rings. The first-order valence-electron chi connectivity index (χ1n) is 10.1. The first-order chi connectivity index (χ1) is 12.6. The van der Waals surface area contributed by atoms with Gasteiger partial charge in [0.15, 0.2) is 13.6 Å². The average molecular weight is 393 g/mol. The smallest absolute Gasteiger partial charge is 0.416 e. The van der Waals surface area contributed by atoms with Crippen LogP contribution in [0.5, 0.6) is 0 Å². The van der Waals surface area contributed by atoms with Gasteiger partial charge in [-0.05, 0) is 45.8 Å². The highest BCUT2D eigenvalue weighted by Gasteiger charge is 2.60. The molecule has 0 saturated carbocycles. The summed E-state index contributed by atoms with van der Waals surface area (Å²) in [4.78, 5) is 28.0. The van der Waals surface area contributed by atoms with Gasteiger partial charge < -0.3 is 9.84 Å². The van der Waals surface area contributed by atoms with E-state index < -0.39 is 25.9 Å². The molecule has 0 aromatic rings. The van der Waals surface area contributed by atoms with Crippen LogP contribution in [0.2, 0.25) is 18.1 Å². The third-order valence-electron chi connectivity index (χ3n) is 5.95. The molecule has 0 aromatic carbocycles. The van der Waals surface area contributed by atoms with E-state index in [0.29, 0.717) is 30.2 Å². The number of carbonyl (C=O) groups excluding carboxylic acids is 2. The molecule has 150 valence electrons. The van der Waals surface area contributed by atoms with E-state index in [0.717, 1.165) is 23.3 Å². The van der Waals surface area contributed by atoms with Crippen LogP contribution in [0.1, 0.15) is 54.9 Å². The molecule has 5 nitrogen and oxygen atoms in total. The second-order valence-electron chi connectivity index (χ2n) is 8.45. The van der Waals surface area contributed by atoms with Gasteiger partial charge in [0.05, 0.1) is 0 Å². The number of fused-ring (bicyclic) bond motifs is 1. The quantitative estimate of drug-likeness (QED) is 0.438. The zero-order valence-corrected chi connectivity index (χ0v) is 18.8. The average Bonchev–Trinajstić information content (AvgIpc) is 2.90. The molecular weight excluding hydrogens is 358 g/mol. The molecule has 0 bridgehead atoms. The first kappa shape index (κ1) is 21.8. The van der Waals surface area contributed by atoms with Gasteiger partial charge in [0.25, 0.3) is 0 Å². The number of rotatable bonds is 4. The summed E-state index contributed by atoms with van der Waals surface area (Å²) in [5.74, 6) is 0.635. The van der Waals surface area contributed by atoms with Crippen molar-refractivity contribution in [2.45, 2.75) is 84.7 Å². The van der Waals surface area contributed by atoms with E-state index in [2.05, 4.69) is 20.8 Å². The zero-order chi connectivity index (χ0) is 20.6. The van der Waals surface area contributed by atoms with Crippen LogP contribution in [0, 0.1) is 5.92 Å².